The number of aryl methyl sites for hydroxylation is 1. The molecule has 1 amide bonds. The molecule has 0 spiro atoms. The van der Waals surface area contributed by atoms with Crippen molar-refractivity contribution >= 4 is 12.1 Å². The van der Waals surface area contributed by atoms with Gasteiger partial charge in [-0.05, 0) is 33.3 Å². The van der Waals surface area contributed by atoms with Crippen molar-refractivity contribution in [2.24, 2.45) is 0 Å². The van der Waals surface area contributed by atoms with Gasteiger partial charge in [0, 0.05) is 20.0 Å². The highest BCUT2D eigenvalue weighted by Gasteiger charge is 2.25. The average molecular weight is 309 g/mol. The number of ether oxygens (including phenoxy) is 2. The third kappa shape index (κ3) is 4.47. The molecule has 7 heteroatoms. The number of fused-ring (bicyclic) bond motifs is 1. The topological polar surface area (TPSA) is 73.7 Å². The summed E-state index contributed by atoms with van der Waals surface area (Å²) in [6, 6.07) is 1.87. The Hall–Kier alpha value is -2.05. The van der Waals surface area contributed by atoms with Crippen LogP contribution in [0.5, 0.6) is 0 Å². The maximum Gasteiger partial charge on any atom is 0.410 e. The SMILES string of the molecule is CC(=O)OCc1cc2n(n1)CCCN(C(=O)OC(C)(C)C)C2. The minimum absolute atomic E-state index is 0.155. The number of carbonyl (C=O) groups is 2. The number of nitrogens with zero attached hydrogens (tertiary/aromatic N) is 3. The molecular formula is C15H23N3O4. The standard InChI is InChI=1S/C15H23N3O4/c1-11(19)21-10-12-8-13-9-17(6-5-7-18(13)16-12)14(20)22-15(2,3)4/h8H,5-7,9-10H2,1-4H3. The molecule has 0 bridgehead atoms. The van der Waals surface area contributed by atoms with Crippen LogP contribution < -0.4 is 0 Å². The molecule has 1 aliphatic rings. The summed E-state index contributed by atoms with van der Waals surface area (Å²) in [5.41, 5.74) is 1.10. The van der Waals surface area contributed by atoms with E-state index in [1.54, 1.807) is 4.90 Å². The predicted molar refractivity (Wildman–Crippen MR) is 79.0 cm³/mol. The average Bonchev–Trinajstić information content (AvgIpc) is 2.65. The second-order valence-corrected chi connectivity index (χ2v) is 6.39. The number of amides is 1. The largest absolute Gasteiger partial charge is 0.459 e. The van der Waals surface area contributed by atoms with E-state index in [0.717, 1.165) is 18.7 Å². The van der Waals surface area contributed by atoms with Gasteiger partial charge in [-0.1, -0.05) is 0 Å². The zero-order valence-electron chi connectivity index (χ0n) is 13.6. The number of hydrogen-bond acceptors (Lipinski definition) is 5. The molecule has 0 aromatic carbocycles. The number of hydrogen-bond donors (Lipinski definition) is 0. The summed E-state index contributed by atoms with van der Waals surface area (Å²) in [6.45, 7) is 8.89. The van der Waals surface area contributed by atoms with Gasteiger partial charge in [0.1, 0.15) is 17.9 Å². The third-order valence-electron chi connectivity index (χ3n) is 3.14. The summed E-state index contributed by atoms with van der Waals surface area (Å²) < 4.78 is 12.2. The zero-order chi connectivity index (χ0) is 16.3. The number of aromatic nitrogens is 2. The third-order valence-corrected chi connectivity index (χ3v) is 3.14. The molecule has 0 unspecified atom stereocenters. The van der Waals surface area contributed by atoms with Gasteiger partial charge in [0.15, 0.2) is 0 Å². The van der Waals surface area contributed by atoms with Gasteiger partial charge in [-0.2, -0.15) is 5.10 Å². The zero-order valence-corrected chi connectivity index (χ0v) is 13.6. The van der Waals surface area contributed by atoms with Crippen molar-refractivity contribution in [1.82, 2.24) is 14.7 Å². The van der Waals surface area contributed by atoms with E-state index in [9.17, 15) is 9.59 Å². The summed E-state index contributed by atoms with van der Waals surface area (Å²) in [6.07, 6.45) is 0.490. The molecule has 0 N–H and O–H groups in total. The van der Waals surface area contributed by atoms with E-state index >= 15 is 0 Å². The van der Waals surface area contributed by atoms with E-state index < -0.39 is 5.60 Å². The highest BCUT2D eigenvalue weighted by molar-refractivity contribution is 5.68. The Morgan fingerprint density at radius 3 is 2.68 bits per heavy atom. The Morgan fingerprint density at radius 2 is 2.05 bits per heavy atom. The van der Waals surface area contributed by atoms with Crippen molar-refractivity contribution in [1.29, 1.82) is 0 Å². The molecule has 22 heavy (non-hydrogen) atoms. The number of rotatable bonds is 2. The van der Waals surface area contributed by atoms with Crippen LogP contribution >= 0.6 is 0 Å². The molecule has 0 radical (unpaired) electrons. The summed E-state index contributed by atoms with van der Waals surface area (Å²) in [5.74, 6) is -0.335. The summed E-state index contributed by atoms with van der Waals surface area (Å²) >= 11 is 0. The minimum atomic E-state index is -0.510. The second kappa shape index (κ2) is 6.37. The Bertz CT molecular complexity index is 560. The highest BCUT2D eigenvalue weighted by atomic mass is 16.6. The Kier molecular flexibility index (Phi) is 4.73. The van der Waals surface area contributed by atoms with Crippen LogP contribution in [0.25, 0.3) is 0 Å². The Balaban J connectivity index is 2.06. The van der Waals surface area contributed by atoms with Gasteiger partial charge in [0.25, 0.3) is 0 Å². The minimum Gasteiger partial charge on any atom is -0.459 e. The van der Waals surface area contributed by atoms with Crippen LogP contribution in [0.2, 0.25) is 0 Å². The fourth-order valence-electron chi connectivity index (χ4n) is 2.25. The normalized spacial score (nSPS) is 15.0. The van der Waals surface area contributed by atoms with E-state index in [1.165, 1.54) is 6.92 Å². The molecule has 2 heterocycles. The lowest BCUT2D eigenvalue weighted by Crippen LogP contribution is -2.36. The first kappa shape index (κ1) is 16.3. The Labute approximate surface area is 130 Å². The molecule has 7 nitrogen and oxygen atoms in total. The molecule has 0 saturated heterocycles. The van der Waals surface area contributed by atoms with E-state index in [2.05, 4.69) is 5.10 Å². The molecule has 1 aliphatic heterocycles. The lowest BCUT2D eigenvalue weighted by molar-refractivity contribution is -0.142. The van der Waals surface area contributed by atoms with E-state index in [4.69, 9.17) is 9.47 Å². The van der Waals surface area contributed by atoms with Gasteiger partial charge in [0.2, 0.25) is 0 Å². The van der Waals surface area contributed by atoms with E-state index in [-0.39, 0.29) is 18.7 Å². The van der Waals surface area contributed by atoms with Gasteiger partial charge in [-0.3, -0.25) is 9.48 Å². The van der Waals surface area contributed by atoms with Gasteiger partial charge in [-0.15, -0.1) is 0 Å². The Morgan fingerprint density at radius 1 is 1.32 bits per heavy atom. The predicted octanol–water partition coefficient (Wildman–Crippen LogP) is 2.09. The summed E-state index contributed by atoms with van der Waals surface area (Å²) in [7, 11) is 0. The second-order valence-electron chi connectivity index (χ2n) is 6.39. The van der Waals surface area contributed by atoms with Gasteiger partial charge < -0.3 is 14.4 Å². The fourth-order valence-corrected chi connectivity index (χ4v) is 2.25. The quantitative estimate of drug-likeness (QED) is 0.782. The maximum atomic E-state index is 12.2. The van der Waals surface area contributed by atoms with E-state index in [1.807, 2.05) is 31.5 Å². The number of esters is 1. The van der Waals surface area contributed by atoms with Crippen LogP contribution in [0.4, 0.5) is 4.79 Å². The first-order chi connectivity index (χ1) is 10.2. The van der Waals surface area contributed by atoms with Crippen molar-refractivity contribution in [3.63, 3.8) is 0 Å². The van der Waals surface area contributed by atoms with Crippen molar-refractivity contribution < 1.29 is 19.1 Å². The molecule has 122 valence electrons. The monoisotopic (exact) mass is 309 g/mol. The van der Waals surface area contributed by atoms with Crippen LogP contribution in [0.15, 0.2) is 6.07 Å². The fraction of sp³-hybridized carbons (Fsp3) is 0.667. The van der Waals surface area contributed by atoms with Gasteiger partial charge in [-0.25, -0.2) is 4.79 Å². The van der Waals surface area contributed by atoms with Crippen molar-refractivity contribution in [2.75, 3.05) is 6.54 Å². The van der Waals surface area contributed by atoms with Crippen molar-refractivity contribution in [2.45, 2.75) is 59.4 Å². The molecule has 1 aromatic rings. The van der Waals surface area contributed by atoms with Gasteiger partial charge >= 0.3 is 12.1 Å². The first-order valence-electron chi connectivity index (χ1n) is 7.41. The molecule has 0 atom stereocenters. The molecule has 1 aromatic heterocycles. The lowest BCUT2D eigenvalue weighted by Gasteiger charge is -2.26. The summed E-state index contributed by atoms with van der Waals surface area (Å²) in [5, 5.41) is 4.41. The van der Waals surface area contributed by atoms with Crippen LogP contribution in [0, 0.1) is 0 Å². The molecule has 0 aliphatic carbocycles. The highest BCUT2D eigenvalue weighted by Crippen LogP contribution is 2.17. The van der Waals surface area contributed by atoms with Gasteiger partial charge in [0.05, 0.1) is 12.2 Å². The van der Waals surface area contributed by atoms with Crippen LogP contribution in [-0.2, 0) is 34.0 Å². The summed E-state index contributed by atoms with van der Waals surface area (Å²) in [4.78, 5) is 24.7. The maximum absolute atomic E-state index is 12.2. The van der Waals surface area contributed by atoms with Crippen LogP contribution in [0.1, 0.15) is 45.5 Å². The van der Waals surface area contributed by atoms with Crippen LogP contribution in [-0.4, -0.2) is 38.9 Å². The molecule has 2 rings (SSSR count). The van der Waals surface area contributed by atoms with Crippen molar-refractivity contribution in [3.8, 4) is 0 Å². The molecular weight excluding hydrogens is 286 g/mol. The van der Waals surface area contributed by atoms with Crippen molar-refractivity contribution in [3.05, 3.63) is 17.5 Å². The molecule has 0 fully saturated rings. The smallest absolute Gasteiger partial charge is 0.410 e. The van der Waals surface area contributed by atoms with Crippen LogP contribution in [0.3, 0.4) is 0 Å². The lowest BCUT2D eigenvalue weighted by atomic mass is 10.2. The number of carbonyl (C=O) groups excluding carboxylic acids is 2. The first-order valence-corrected chi connectivity index (χ1v) is 7.41. The van der Waals surface area contributed by atoms with E-state index in [0.29, 0.717) is 18.8 Å². The molecule has 0 saturated carbocycles.